The molecule has 1 aromatic rings. The second kappa shape index (κ2) is 6.80. The van der Waals surface area contributed by atoms with Gasteiger partial charge in [0.05, 0.1) is 0 Å². The molecule has 0 spiro atoms. The van der Waals surface area contributed by atoms with Crippen LogP contribution in [0.3, 0.4) is 0 Å². The Balaban J connectivity index is 1.94. The third-order valence-electron chi connectivity index (χ3n) is 4.60. The predicted molar refractivity (Wildman–Crippen MR) is 88.6 cm³/mol. The van der Waals surface area contributed by atoms with Crippen molar-refractivity contribution in [2.75, 3.05) is 13.1 Å². The molecular weight excluding hydrogens is 260 g/mol. The standard InChI is InChI=1S/C18H30N2O/c1-5-16(15-8-6-7-9-17(15)21)19-14-10-12-20(13-11-14)18(2,3)4/h6-9,14,16,19,21H,5,10-13H2,1-4H3. The summed E-state index contributed by atoms with van der Waals surface area (Å²) in [4.78, 5) is 2.56. The zero-order valence-electron chi connectivity index (χ0n) is 13.9. The van der Waals surface area contributed by atoms with Crippen molar-refractivity contribution in [3.05, 3.63) is 29.8 Å². The lowest BCUT2D eigenvalue weighted by Crippen LogP contribution is -2.50. The number of phenolic OH excluding ortho intramolecular Hbond substituents is 1. The number of nitrogens with zero attached hydrogens (tertiary/aromatic N) is 1. The molecule has 118 valence electrons. The molecule has 0 saturated carbocycles. The van der Waals surface area contributed by atoms with Gasteiger partial charge in [-0.3, -0.25) is 4.90 Å². The number of hydrogen-bond donors (Lipinski definition) is 2. The predicted octanol–water partition coefficient (Wildman–Crippen LogP) is 3.70. The van der Waals surface area contributed by atoms with E-state index >= 15 is 0 Å². The van der Waals surface area contributed by atoms with Gasteiger partial charge in [0.1, 0.15) is 5.75 Å². The van der Waals surface area contributed by atoms with Crippen LogP contribution in [0.15, 0.2) is 24.3 Å². The molecule has 21 heavy (non-hydrogen) atoms. The van der Waals surface area contributed by atoms with Gasteiger partial charge in [0.25, 0.3) is 0 Å². The molecule has 1 atom stereocenters. The fourth-order valence-corrected chi connectivity index (χ4v) is 3.21. The monoisotopic (exact) mass is 290 g/mol. The first-order chi connectivity index (χ1) is 9.91. The Labute approximate surface area is 129 Å². The molecule has 2 rings (SSSR count). The van der Waals surface area contributed by atoms with E-state index in [2.05, 4.69) is 37.9 Å². The van der Waals surface area contributed by atoms with Crippen molar-refractivity contribution in [2.45, 2.75) is 64.6 Å². The molecule has 3 heteroatoms. The van der Waals surface area contributed by atoms with Crippen molar-refractivity contribution in [2.24, 2.45) is 0 Å². The number of likely N-dealkylation sites (tertiary alicyclic amines) is 1. The van der Waals surface area contributed by atoms with Crippen LogP contribution in [0, 0.1) is 0 Å². The highest BCUT2D eigenvalue weighted by Crippen LogP contribution is 2.28. The maximum absolute atomic E-state index is 10.0. The Kier molecular flexibility index (Phi) is 5.28. The van der Waals surface area contributed by atoms with Crippen LogP contribution in [-0.4, -0.2) is 34.7 Å². The Morgan fingerprint density at radius 3 is 2.38 bits per heavy atom. The van der Waals surface area contributed by atoms with Crippen molar-refractivity contribution in [3.8, 4) is 5.75 Å². The largest absolute Gasteiger partial charge is 0.508 e. The lowest BCUT2D eigenvalue weighted by atomic mass is 9.96. The Hall–Kier alpha value is -1.06. The summed E-state index contributed by atoms with van der Waals surface area (Å²) >= 11 is 0. The summed E-state index contributed by atoms with van der Waals surface area (Å²) in [5.41, 5.74) is 1.30. The number of para-hydroxylation sites is 1. The fraction of sp³-hybridized carbons (Fsp3) is 0.667. The summed E-state index contributed by atoms with van der Waals surface area (Å²) < 4.78 is 0. The minimum absolute atomic E-state index is 0.248. The zero-order chi connectivity index (χ0) is 15.5. The molecule has 1 aliphatic rings. The van der Waals surface area contributed by atoms with E-state index in [1.54, 1.807) is 6.07 Å². The van der Waals surface area contributed by atoms with Crippen molar-refractivity contribution >= 4 is 0 Å². The number of benzene rings is 1. The molecule has 1 heterocycles. The molecule has 3 nitrogen and oxygen atoms in total. The van der Waals surface area contributed by atoms with Crippen LogP contribution in [0.4, 0.5) is 0 Å². The second-order valence-corrected chi connectivity index (χ2v) is 7.12. The first-order valence-corrected chi connectivity index (χ1v) is 8.20. The molecule has 0 aliphatic carbocycles. The van der Waals surface area contributed by atoms with Gasteiger partial charge in [-0.1, -0.05) is 25.1 Å². The average Bonchev–Trinajstić information content (AvgIpc) is 2.45. The van der Waals surface area contributed by atoms with Crippen LogP contribution >= 0.6 is 0 Å². The maximum atomic E-state index is 10.0. The number of rotatable bonds is 4. The van der Waals surface area contributed by atoms with Crippen LogP contribution in [0.1, 0.15) is 58.6 Å². The molecule has 1 unspecified atom stereocenters. The van der Waals surface area contributed by atoms with Gasteiger partial charge in [0, 0.05) is 36.3 Å². The van der Waals surface area contributed by atoms with Gasteiger partial charge >= 0.3 is 0 Å². The van der Waals surface area contributed by atoms with Gasteiger partial charge in [0.2, 0.25) is 0 Å². The first kappa shape index (κ1) is 16.3. The third kappa shape index (κ3) is 4.21. The molecule has 1 aliphatic heterocycles. The summed E-state index contributed by atoms with van der Waals surface area (Å²) in [6.07, 6.45) is 3.36. The number of piperidine rings is 1. The molecule has 1 aromatic carbocycles. The zero-order valence-corrected chi connectivity index (χ0v) is 13.9. The Bertz CT molecular complexity index is 445. The van der Waals surface area contributed by atoms with E-state index in [-0.39, 0.29) is 11.6 Å². The van der Waals surface area contributed by atoms with Crippen LogP contribution in [0.25, 0.3) is 0 Å². The van der Waals surface area contributed by atoms with Gasteiger partial charge in [-0.2, -0.15) is 0 Å². The van der Waals surface area contributed by atoms with E-state index in [0.29, 0.717) is 11.8 Å². The Morgan fingerprint density at radius 2 is 1.86 bits per heavy atom. The minimum Gasteiger partial charge on any atom is -0.508 e. The van der Waals surface area contributed by atoms with E-state index in [1.165, 1.54) is 12.8 Å². The SMILES string of the molecule is CCC(NC1CCN(C(C)(C)C)CC1)c1ccccc1O. The summed E-state index contributed by atoms with van der Waals surface area (Å²) in [5.74, 6) is 0.406. The van der Waals surface area contributed by atoms with Crippen molar-refractivity contribution < 1.29 is 5.11 Å². The second-order valence-electron chi connectivity index (χ2n) is 7.12. The van der Waals surface area contributed by atoms with Crippen molar-refractivity contribution in [3.63, 3.8) is 0 Å². The number of nitrogens with one attached hydrogen (secondary N) is 1. The first-order valence-electron chi connectivity index (χ1n) is 8.20. The summed E-state index contributed by atoms with van der Waals surface area (Å²) in [5, 5.41) is 13.8. The maximum Gasteiger partial charge on any atom is 0.120 e. The highest BCUT2D eigenvalue weighted by Gasteiger charge is 2.28. The third-order valence-corrected chi connectivity index (χ3v) is 4.60. The van der Waals surface area contributed by atoms with Crippen LogP contribution in [0.5, 0.6) is 5.75 Å². The van der Waals surface area contributed by atoms with Gasteiger partial charge in [-0.25, -0.2) is 0 Å². The molecule has 0 amide bonds. The van der Waals surface area contributed by atoms with Gasteiger partial charge in [-0.15, -0.1) is 0 Å². The highest BCUT2D eigenvalue weighted by atomic mass is 16.3. The van der Waals surface area contributed by atoms with Gasteiger partial charge < -0.3 is 10.4 Å². The molecular formula is C18H30N2O. The number of hydrogen-bond acceptors (Lipinski definition) is 3. The van der Waals surface area contributed by atoms with Crippen LogP contribution in [-0.2, 0) is 0 Å². The lowest BCUT2D eigenvalue weighted by Gasteiger charge is -2.41. The Morgan fingerprint density at radius 1 is 1.24 bits per heavy atom. The fourth-order valence-electron chi connectivity index (χ4n) is 3.21. The smallest absolute Gasteiger partial charge is 0.120 e. The average molecular weight is 290 g/mol. The topological polar surface area (TPSA) is 35.5 Å². The van der Waals surface area contributed by atoms with Gasteiger partial charge in [0.15, 0.2) is 0 Å². The van der Waals surface area contributed by atoms with E-state index in [9.17, 15) is 5.11 Å². The summed E-state index contributed by atoms with van der Waals surface area (Å²) in [6.45, 7) is 11.3. The quantitative estimate of drug-likeness (QED) is 0.887. The highest BCUT2D eigenvalue weighted by molar-refractivity contribution is 5.34. The van der Waals surface area contributed by atoms with E-state index in [1.807, 2.05) is 18.2 Å². The normalized spacial score (nSPS) is 19.6. The van der Waals surface area contributed by atoms with E-state index < -0.39 is 0 Å². The van der Waals surface area contributed by atoms with E-state index in [0.717, 1.165) is 25.1 Å². The lowest BCUT2D eigenvalue weighted by molar-refractivity contribution is 0.0935. The molecule has 1 fully saturated rings. The van der Waals surface area contributed by atoms with Crippen molar-refractivity contribution in [1.82, 2.24) is 10.2 Å². The summed E-state index contributed by atoms with van der Waals surface area (Å²) in [7, 11) is 0. The number of phenols is 1. The van der Waals surface area contributed by atoms with Crippen molar-refractivity contribution in [1.29, 1.82) is 0 Å². The molecule has 0 aromatic heterocycles. The molecule has 0 radical (unpaired) electrons. The minimum atomic E-state index is 0.248. The molecule has 1 saturated heterocycles. The summed E-state index contributed by atoms with van der Waals surface area (Å²) in [6, 6.07) is 8.49. The molecule has 0 bridgehead atoms. The molecule has 2 N–H and O–H groups in total. The van der Waals surface area contributed by atoms with Gasteiger partial charge in [-0.05, 0) is 46.1 Å². The van der Waals surface area contributed by atoms with Crippen LogP contribution in [0.2, 0.25) is 0 Å². The number of aromatic hydroxyl groups is 1. The van der Waals surface area contributed by atoms with E-state index in [4.69, 9.17) is 0 Å². The van der Waals surface area contributed by atoms with Crippen LogP contribution < -0.4 is 5.32 Å².